The van der Waals surface area contributed by atoms with Crippen LogP contribution in [0.5, 0.6) is 0 Å². The van der Waals surface area contributed by atoms with Crippen molar-refractivity contribution in [2.75, 3.05) is 26.0 Å². The van der Waals surface area contributed by atoms with E-state index in [9.17, 15) is 0 Å². The number of ether oxygens (including phenoxy) is 1. The minimum absolute atomic E-state index is 0.247. The molecule has 0 aliphatic heterocycles. The summed E-state index contributed by atoms with van der Waals surface area (Å²) in [5.74, 6) is 2.38. The van der Waals surface area contributed by atoms with Crippen molar-refractivity contribution < 1.29 is 4.74 Å². The van der Waals surface area contributed by atoms with Crippen molar-refractivity contribution in [3.63, 3.8) is 0 Å². The quantitative estimate of drug-likeness (QED) is 0.445. The molecule has 0 aliphatic carbocycles. The third-order valence-corrected chi connectivity index (χ3v) is 4.25. The molecule has 0 bridgehead atoms. The van der Waals surface area contributed by atoms with Gasteiger partial charge in [-0.1, -0.05) is 0 Å². The van der Waals surface area contributed by atoms with Crippen LogP contribution in [0.25, 0.3) is 0 Å². The summed E-state index contributed by atoms with van der Waals surface area (Å²) in [6.07, 6.45) is 5.30. The van der Waals surface area contributed by atoms with E-state index in [4.69, 9.17) is 4.74 Å². The number of methoxy groups -OCH3 is 1. The second-order valence-electron chi connectivity index (χ2n) is 2.59. The van der Waals surface area contributed by atoms with Gasteiger partial charge in [-0.05, 0) is 26.7 Å². The zero-order valence-corrected chi connectivity index (χ0v) is 8.86. The van der Waals surface area contributed by atoms with E-state index in [2.05, 4.69) is 19.6 Å². The van der Waals surface area contributed by atoms with Crippen molar-refractivity contribution >= 4 is 13.3 Å². The molecule has 0 aromatic heterocycles. The van der Waals surface area contributed by atoms with Crippen LogP contribution in [0.15, 0.2) is 0 Å². The third-order valence-electron chi connectivity index (χ3n) is 1.82. The Labute approximate surface area is 71.5 Å². The van der Waals surface area contributed by atoms with Gasteiger partial charge in [0, 0.05) is 13.7 Å². The van der Waals surface area contributed by atoms with E-state index in [0.717, 1.165) is 6.61 Å². The van der Waals surface area contributed by atoms with Crippen molar-refractivity contribution in [3.05, 3.63) is 0 Å². The molecule has 1 nitrogen and oxygen atoms in total. The van der Waals surface area contributed by atoms with Crippen molar-refractivity contribution in [1.82, 2.24) is 0 Å². The average molecular weight is 175 g/mol. The minimum Gasteiger partial charge on any atom is -0.385 e. The molecule has 0 aromatic carbocycles. The Morgan fingerprint density at radius 2 is 2.09 bits per heavy atom. The van der Waals surface area contributed by atoms with Crippen molar-refractivity contribution in [2.45, 2.75) is 26.7 Å². The second-order valence-corrected chi connectivity index (χ2v) is 5.36. The van der Waals surface area contributed by atoms with E-state index in [0.29, 0.717) is 0 Å². The first kappa shape index (κ1) is 11.1. The van der Waals surface area contributed by atoms with Crippen LogP contribution >= 0.6 is 7.55 Å². The molecule has 1 unspecified atom stereocenters. The molecule has 0 saturated carbocycles. The highest BCUT2D eigenvalue weighted by Gasteiger charge is 2.02. The van der Waals surface area contributed by atoms with Gasteiger partial charge in [0.05, 0.1) is 13.3 Å². The summed E-state index contributed by atoms with van der Waals surface area (Å²) in [7, 11) is 2.02. The lowest BCUT2D eigenvalue weighted by Gasteiger charge is -1.95. The van der Waals surface area contributed by atoms with Crippen LogP contribution in [0, 0.1) is 0 Å². The molecule has 0 spiro atoms. The number of unbranched alkanes of at least 4 members (excludes halogenated alkanes) is 1. The second kappa shape index (κ2) is 8.23. The fourth-order valence-electron chi connectivity index (χ4n) is 1.03. The van der Waals surface area contributed by atoms with Gasteiger partial charge in [-0.2, -0.15) is 0 Å². The third kappa shape index (κ3) is 6.52. The first-order chi connectivity index (χ1) is 5.35. The lowest BCUT2D eigenvalue weighted by molar-refractivity contribution is 0.194. The van der Waals surface area contributed by atoms with E-state index < -0.39 is 0 Å². The van der Waals surface area contributed by atoms with Crippen LogP contribution in [0.3, 0.4) is 0 Å². The fourth-order valence-corrected chi connectivity index (χ4v) is 2.60. The van der Waals surface area contributed by atoms with E-state index in [1.54, 1.807) is 7.11 Å². The molecule has 66 valence electrons. The van der Waals surface area contributed by atoms with Gasteiger partial charge in [0.1, 0.15) is 12.3 Å². The average Bonchev–Trinajstić information content (AvgIpc) is 2.05. The molecule has 0 fully saturated rings. The Kier molecular flexibility index (Phi) is 8.33. The van der Waals surface area contributed by atoms with E-state index >= 15 is 0 Å². The van der Waals surface area contributed by atoms with E-state index in [-0.39, 0.29) is 7.55 Å². The molecule has 2 heteroatoms. The standard InChI is InChI=1S/C9H20OP/c1-4-11(5-2)9-7-6-8-10-3/h4H,5-9H2,1-3H3/q+1. The maximum absolute atomic E-state index is 4.99. The molecule has 0 aromatic rings. The predicted octanol–water partition coefficient (Wildman–Crippen LogP) is 2.74. The normalized spacial score (nSPS) is 12.1. The molecule has 11 heavy (non-hydrogen) atoms. The van der Waals surface area contributed by atoms with Gasteiger partial charge in [-0.3, -0.25) is 0 Å². The molecule has 0 saturated heterocycles. The summed E-state index contributed by atoms with van der Waals surface area (Å²) in [5.41, 5.74) is 0. The number of hydrogen-bond acceptors (Lipinski definition) is 1. The molecule has 1 atom stereocenters. The van der Waals surface area contributed by atoms with Crippen LogP contribution in [0.1, 0.15) is 26.7 Å². The Hall–Kier alpha value is 0.130. The zero-order chi connectivity index (χ0) is 8.53. The van der Waals surface area contributed by atoms with Gasteiger partial charge in [0.15, 0.2) is 0 Å². The Bertz CT molecular complexity index is 110. The molecule has 0 aliphatic rings. The van der Waals surface area contributed by atoms with Crippen LogP contribution in [-0.4, -0.2) is 31.8 Å². The zero-order valence-electron chi connectivity index (χ0n) is 7.97. The summed E-state index contributed by atoms with van der Waals surface area (Å²) in [6.45, 7) is 5.39. The van der Waals surface area contributed by atoms with Gasteiger partial charge < -0.3 is 4.74 Å². The highest BCUT2D eigenvalue weighted by molar-refractivity contribution is 7.57. The van der Waals surface area contributed by atoms with Crippen molar-refractivity contribution in [3.8, 4) is 0 Å². The molecular weight excluding hydrogens is 155 g/mol. The summed E-state index contributed by atoms with van der Waals surface area (Å²) < 4.78 is 4.99. The monoisotopic (exact) mass is 175 g/mol. The smallest absolute Gasteiger partial charge is 0.106 e. The van der Waals surface area contributed by atoms with Gasteiger partial charge in [0.2, 0.25) is 0 Å². The highest BCUT2D eigenvalue weighted by atomic mass is 31.1. The Balaban J connectivity index is 3.22. The predicted molar refractivity (Wildman–Crippen MR) is 55.2 cm³/mol. The largest absolute Gasteiger partial charge is 0.385 e. The van der Waals surface area contributed by atoms with Gasteiger partial charge in [-0.15, -0.1) is 0 Å². The van der Waals surface area contributed by atoms with Crippen LogP contribution in [0.2, 0.25) is 0 Å². The van der Waals surface area contributed by atoms with Crippen LogP contribution in [0.4, 0.5) is 0 Å². The SMILES string of the molecule is CC=[P+](CC)CCCCOC. The van der Waals surface area contributed by atoms with Crippen LogP contribution in [-0.2, 0) is 4.74 Å². The minimum atomic E-state index is 0.247. The number of rotatable bonds is 6. The lowest BCUT2D eigenvalue weighted by atomic mass is 10.4. The fraction of sp³-hybridized carbons (Fsp3) is 0.889. The van der Waals surface area contributed by atoms with Crippen LogP contribution < -0.4 is 0 Å². The van der Waals surface area contributed by atoms with E-state index in [1.165, 1.54) is 25.2 Å². The van der Waals surface area contributed by atoms with Crippen molar-refractivity contribution in [2.24, 2.45) is 0 Å². The Morgan fingerprint density at radius 1 is 1.36 bits per heavy atom. The maximum Gasteiger partial charge on any atom is 0.106 e. The molecule has 0 N–H and O–H groups in total. The molecule has 0 radical (unpaired) electrons. The van der Waals surface area contributed by atoms with Gasteiger partial charge in [-0.25, -0.2) is 0 Å². The summed E-state index contributed by atoms with van der Waals surface area (Å²) in [6, 6.07) is 0. The topological polar surface area (TPSA) is 9.23 Å². The molecule has 0 heterocycles. The lowest BCUT2D eigenvalue weighted by Crippen LogP contribution is -1.90. The summed E-state index contributed by atoms with van der Waals surface area (Å²) in [4.78, 5) is 0. The first-order valence-corrected chi connectivity index (χ1v) is 6.15. The molecule has 0 rings (SSSR count). The van der Waals surface area contributed by atoms with Gasteiger partial charge in [0.25, 0.3) is 0 Å². The van der Waals surface area contributed by atoms with Gasteiger partial charge >= 0.3 is 0 Å². The Morgan fingerprint density at radius 3 is 2.55 bits per heavy atom. The van der Waals surface area contributed by atoms with Crippen molar-refractivity contribution in [1.29, 1.82) is 0 Å². The first-order valence-electron chi connectivity index (χ1n) is 4.37. The summed E-state index contributed by atoms with van der Waals surface area (Å²) >= 11 is 0. The highest BCUT2D eigenvalue weighted by Crippen LogP contribution is 2.22. The molecular formula is C9H20OP+. The van der Waals surface area contributed by atoms with E-state index in [1.807, 2.05) is 0 Å². The number of hydrogen-bond donors (Lipinski definition) is 0. The summed E-state index contributed by atoms with van der Waals surface area (Å²) in [5, 5.41) is 0. The maximum atomic E-state index is 4.99. The molecule has 0 amide bonds.